The highest BCUT2D eigenvalue weighted by atomic mass is 16.4. The zero-order valence-electron chi connectivity index (χ0n) is 9.60. The van der Waals surface area contributed by atoms with E-state index in [-0.39, 0.29) is 29.1 Å². The van der Waals surface area contributed by atoms with Crippen LogP contribution in [0.1, 0.15) is 23.7 Å². The van der Waals surface area contributed by atoms with Crippen molar-refractivity contribution in [2.45, 2.75) is 13.3 Å². The molecule has 0 aliphatic carbocycles. The van der Waals surface area contributed by atoms with Crippen LogP contribution in [0.5, 0.6) is 5.75 Å². The summed E-state index contributed by atoms with van der Waals surface area (Å²) in [6, 6.07) is 5.60. The van der Waals surface area contributed by atoms with Crippen LogP contribution in [0.25, 0.3) is 11.0 Å². The molecule has 0 saturated carbocycles. The number of aromatic hydroxyl groups is 1. The van der Waals surface area contributed by atoms with E-state index in [4.69, 9.17) is 4.42 Å². The van der Waals surface area contributed by atoms with Gasteiger partial charge in [0.15, 0.2) is 5.78 Å². The van der Waals surface area contributed by atoms with Crippen molar-refractivity contribution < 1.29 is 19.1 Å². The Morgan fingerprint density at radius 1 is 1.28 bits per heavy atom. The average Bonchev–Trinajstić information content (AvgIpc) is 2.26. The van der Waals surface area contributed by atoms with E-state index < -0.39 is 11.4 Å². The monoisotopic (exact) mass is 246 g/mol. The van der Waals surface area contributed by atoms with E-state index in [9.17, 15) is 19.5 Å². The molecule has 5 nitrogen and oxygen atoms in total. The van der Waals surface area contributed by atoms with Gasteiger partial charge in [0.25, 0.3) is 0 Å². The third-order valence-electron chi connectivity index (χ3n) is 2.43. The Bertz CT molecular complexity index is 696. The van der Waals surface area contributed by atoms with Gasteiger partial charge in [-0.1, -0.05) is 0 Å². The minimum absolute atomic E-state index is 0.0338. The summed E-state index contributed by atoms with van der Waals surface area (Å²) in [5.41, 5.74) is -0.762. The Kier molecular flexibility index (Phi) is 2.97. The summed E-state index contributed by atoms with van der Waals surface area (Å²) in [5, 5.41) is 9.76. The van der Waals surface area contributed by atoms with Gasteiger partial charge < -0.3 is 9.52 Å². The maximum atomic E-state index is 11.7. The molecule has 0 aliphatic heterocycles. The van der Waals surface area contributed by atoms with Crippen LogP contribution in [-0.4, -0.2) is 16.7 Å². The molecule has 2 aromatic rings. The van der Waals surface area contributed by atoms with Gasteiger partial charge in [-0.2, -0.15) is 0 Å². The Hall–Kier alpha value is -2.43. The van der Waals surface area contributed by atoms with Crippen LogP contribution in [0.15, 0.2) is 33.5 Å². The molecule has 0 amide bonds. The highest BCUT2D eigenvalue weighted by molar-refractivity contribution is 6.08. The average molecular weight is 246 g/mol. The third-order valence-corrected chi connectivity index (χ3v) is 2.43. The standard InChI is InChI=1S/C13H10O5/c1-7(14)4-11(16)10-5-8-2-3-9(15)6-12(8)18-13(10)17/h2-3,5-6,15H,4H2,1H3. The van der Waals surface area contributed by atoms with E-state index >= 15 is 0 Å². The van der Waals surface area contributed by atoms with Gasteiger partial charge in [-0.05, 0) is 25.1 Å². The summed E-state index contributed by atoms with van der Waals surface area (Å²) in [5.74, 6) is -0.912. The minimum atomic E-state index is -0.806. The van der Waals surface area contributed by atoms with Gasteiger partial charge >= 0.3 is 5.63 Å². The fraction of sp³-hybridized carbons (Fsp3) is 0.154. The molecule has 1 N–H and O–H groups in total. The first kappa shape index (κ1) is 12.0. The van der Waals surface area contributed by atoms with Gasteiger partial charge in [0.1, 0.15) is 22.7 Å². The van der Waals surface area contributed by atoms with Gasteiger partial charge in [0, 0.05) is 11.5 Å². The lowest BCUT2D eigenvalue weighted by Crippen LogP contribution is -2.15. The summed E-state index contributed by atoms with van der Waals surface area (Å²) in [6.45, 7) is 1.28. The number of rotatable bonds is 3. The van der Waals surface area contributed by atoms with Crippen LogP contribution in [0.2, 0.25) is 0 Å². The molecule has 0 spiro atoms. The maximum absolute atomic E-state index is 11.7. The molecule has 1 aromatic carbocycles. The molecule has 5 heteroatoms. The van der Waals surface area contributed by atoms with Gasteiger partial charge in [0.05, 0.1) is 6.42 Å². The molecule has 0 unspecified atom stereocenters. The Morgan fingerprint density at radius 2 is 2.00 bits per heavy atom. The van der Waals surface area contributed by atoms with E-state index in [1.165, 1.54) is 31.2 Å². The molecule has 0 bridgehead atoms. The van der Waals surface area contributed by atoms with Crippen LogP contribution >= 0.6 is 0 Å². The summed E-state index contributed by atoms with van der Waals surface area (Å²) in [4.78, 5) is 34.1. The van der Waals surface area contributed by atoms with Crippen LogP contribution in [0.3, 0.4) is 0 Å². The number of phenols is 1. The molecule has 0 atom stereocenters. The molecule has 0 aliphatic rings. The number of ketones is 2. The van der Waals surface area contributed by atoms with Crippen LogP contribution in [0, 0.1) is 0 Å². The highest BCUT2D eigenvalue weighted by Crippen LogP contribution is 2.19. The van der Waals surface area contributed by atoms with Crippen LogP contribution in [-0.2, 0) is 4.79 Å². The summed E-state index contributed by atoms with van der Waals surface area (Å²) in [7, 11) is 0. The van der Waals surface area contributed by atoms with E-state index in [0.29, 0.717) is 5.39 Å². The first-order chi connectivity index (χ1) is 8.47. The number of phenolic OH excluding ortho intramolecular Hbond substituents is 1. The molecule has 1 heterocycles. The number of fused-ring (bicyclic) bond motifs is 1. The first-order valence-corrected chi connectivity index (χ1v) is 5.27. The van der Waals surface area contributed by atoms with E-state index in [2.05, 4.69) is 0 Å². The number of hydrogen-bond donors (Lipinski definition) is 1. The lowest BCUT2D eigenvalue weighted by molar-refractivity contribution is -0.116. The van der Waals surface area contributed by atoms with Gasteiger partial charge in [-0.25, -0.2) is 4.79 Å². The van der Waals surface area contributed by atoms with Gasteiger partial charge in [-0.3, -0.25) is 9.59 Å². The second-order valence-corrected chi connectivity index (χ2v) is 3.97. The fourth-order valence-corrected chi connectivity index (χ4v) is 1.62. The third kappa shape index (κ3) is 2.29. The zero-order valence-corrected chi connectivity index (χ0v) is 9.60. The zero-order chi connectivity index (χ0) is 13.3. The number of carbonyl (C=O) groups excluding carboxylic acids is 2. The van der Waals surface area contributed by atoms with Crippen molar-refractivity contribution in [1.29, 1.82) is 0 Å². The lowest BCUT2D eigenvalue weighted by atomic mass is 10.1. The lowest BCUT2D eigenvalue weighted by Gasteiger charge is -2.01. The Labute approximate surface area is 102 Å². The predicted octanol–water partition coefficient (Wildman–Crippen LogP) is 1.66. The van der Waals surface area contributed by atoms with Crippen LogP contribution < -0.4 is 5.63 Å². The summed E-state index contributed by atoms with van der Waals surface area (Å²) < 4.78 is 4.93. The Morgan fingerprint density at radius 3 is 2.67 bits per heavy atom. The largest absolute Gasteiger partial charge is 0.508 e. The van der Waals surface area contributed by atoms with E-state index in [0.717, 1.165) is 0 Å². The second kappa shape index (κ2) is 4.44. The van der Waals surface area contributed by atoms with Crippen molar-refractivity contribution in [2.75, 3.05) is 0 Å². The number of hydrogen-bond acceptors (Lipinski definition) is 5. The molecule has 2 rings (SSSR count). The second-order valence-electron chi connectivity index (χ2n) is 3.97. The van der Waals surface area contributed by atoms with Gasteiger partial charge in [0.2, 0.25) is 0 Å². The Balaban J connectivity index is 2.56. The normalized spacial score (nSPS) is 10.5. The van der Waals surface area contributed by atoms with Crippen molar-refractivity contribution in [3.05, 3.63) is 40.2 Å². The topological polar surface area (TPSA) is 84.6 Å². The van der Waals surface area contributed by atoms with Crippen molar-refractivity contribution in [3.63, 3.8) is 0 Å². The molecule has 18 heavy (non-hydrogen) atoms. The van der Waals surface area contributed by atoms with Crippen molar-refractivity contribution in [2.24, 2.45) is 0 Å². The molecule has 1 aromatic heterocycles. The molecular weight excluding hydrogens is 236 g/mol. The molecule has 0 saturated heterocycles. The summed E-state index contributed by atoms with van der Waals surface area (Å²) >= 11 is 0. The SMILES string of the molecule is CC(=O)CC(=O)c1cc2ccc(O)cc2oc1=O. The van der Waals surface area contributed by atoms with Crippen LogP contribution in [0.4, 0.5) is 0 Å². The molecular formula is C13H10O5. The maximum Gasteiger partial charge on any atom is 0.347 e. The summed E-state index contributed by atoms with van der Waals surface area (Å²) in [6.07, 6.45) is -0.325. The fourth-order valence-electron chi connectivity index (χ4n) is 1.62. The molecule has 0 fully saturated rings. The number of benzene rings is 1. The molecule has 92 valence electrons. The van der Waals surface area contributed by atoms with Gasteiger partial charge in [-0.15, -0.1) is 0 Å². The molecule has 0 radical (unpaired) electrons. The van der Waals surface area contributed by atoms with Crippen molar-refractivity contribution in [3.8, 4) is 5.75 Å². The van der Waals surface area contributed by atoms with E-state index in [1.807, 2.05) is 0 Å². The highest BCUT2D eigenvalue weighted by Gasteiger charge is 2.15. The number of carbonyl (C=O) groups is 2. The smallest absolute Gasteiger partial charge is 0.347 e. The van der Waals surface area contributed by atoms with Crippen molar-refractivity contribution in [1.82, 2.24) is 0 Å². The number of Topliss-reactive ketones (excluding diaryl/α,β-unsaturated/α-hetero) is 2. The predicted molar refractivity (Wildman–Crippen MR) is 63.8 cm³/mol. The first-order valence-electron chi connectivity index (χ1n) is 5.27. The minimum Gasteiger partial charge on any atom is -0.508 e. The van der Waals surface area contributed by atoms with Crippen molar-refractivity contribution >= 4 is 22.5 Å². The quantitative estimate of drug-likeness (QED) is 0.505. The van der Waals surface area contributed by atoms with E-state index in [1.54, 1.807) is 0 Å².